The minimum Gasteiger partial charge on any atom is -0.396 e. The molecule has 2 aliphatic rings. The van der Waals surface area contributed by atoms with Gasteiger partial charge in [-0.25, -0.2) is 0 Å². The molecule has 0 aromatic heterocycles. The summed E-state index contributed by atoms with van der Waals surface area (Å²) in [5.41, 5.74) is 1.44. The number of rotatable bonds is 1. The van der Waals surface area contributed by atoms with Gasteiger partial charge in [-0.2, -0.15) is 0 Å². The molecule has 0 aromatic rings. The molecule has 4 atom stereocenters. The third-order valence-corrected chi connectivity index (χ3v) is 4.21. The number of aliphatic hydroxyl groups excluding tert-OH is 1. The van der Waals surface area contributed by atoms with Crippen molar-refractivity contribution in [2.45, 2.75) is 33.3 Å². The molecular weight excluding hydrogens is 176 g/mol. The number of aliphatic hydroxyl groups is 1. The average Bonchev–Trinajstić information content (AvgIpc) is 2.17. The van der Waals surface area contributed by atoms with E-state index in [-0.39, 0.29) is 12.0 Å². The molecule has 2 bridgehead atoms. The number of allylic oxidation sites excluding steroid dienone is 1. The molecule has 0 amide bonds. The SMILES string of the molecule is CC1=C[C@@H](C)[C@@]2(CO)CO[C@@H](C)[C@@H]1C2. The van der Waals surface area contributed by atoms with E-state index in [0.29, 0.717) is 24.5 Å². The van der Waals surface area contributed by atoms with E-state index in [1.54, 1.807) is 0 Å². The zero-order valence-electron chi connectivity index (χ0n) is 9.29. The van der Waals surface area contributed by atoms with E-state index < -0.39 is 0 Å². The van der Waals surface area contributed by atoms with Crippen molar-refractivity contribution < 1.29 is 9.84 Å². The Kier molecular flexibility index (Phi) is 2.44. The van der Waals surface area contributed by atoms with Gasteiger partial charge in [0.05, 0.1) is 19.3 Å². The van der Waals surface area contributed by atoms with Crippen LogP contribution in [0, 0.1) is 17.3 Å². The summed E-state index contributed by atoms with van der Waals surface area (Å²) >= 11 is 0. The van der Waals surface area contributed by atoms with Crippen LogP contribution in [0.15, 0.2) is 11.6 Å². The summed E-state index contributed by atoms with van der Waals surface area (Å²) in [5, 5.41) is 9.53. The maximum atomic E-state index is 9.53. The molecule has 80 valence electrons. The first-order valence-corrected chi connectivity index (χ1v) is 5.50. The van der Waals surface area contributed by atoms with Crippen LogP contribution < -0.4 is 0 Å². The minimum atomic E-state index is -0.00329. The summed E-state index contributed by atoms with van der Waals surface area (Å²) < 4.78 is 5.78. The van der Waals surface area contributed by atoms with Gasteiger partial charge in [-0.15, -0.1) is 0 Å². The van der Waals surface area contributed by atoms with E-state index in [9.17, 15) is 5.11 Å². The lowest BCUT2D eigenvalue weighted by Crippen LogP contribution is -2.49. The third-order valence-electron chi connectivity index (χ3n) is 4.21. The van der Waals surface area contributed by atoms with Gasteiger partial charge in [0, 0.05) is 11.3 Å². The molecule has 1 saturated heterocycles. The maximum absolute atomic E-state index is 9.53. The van der Waals surface area contributed by atoms with Crippen molar-refractivity contribution in [3.05, 3.63) is 11.6 Å². The number of hydrogen-bond donors (Lipinski definition) is 1. The number of fused-ring (bicyclic) bond motifs is 2. The normalized spacial score (nSPS) is 47.4. The minimum absolute atomic E-state index is 0.00329. The van der Waals surface area contributed by atoms with Gasteiger partial charge < -0.3 is 9.84 Å². The Morgan fingerprint density at radius 2 is 2.29 bits per heavy atom. The van der Waals surface area contributed by atoms with Crippen molar-refractivity contribution in [3.8, 4) is 0 Å². The maximum Gasteiger partial charge on any atom is 0.0612 e. The van der Waals surface area contributed by atoms with E-state index >= 15 is 0 Å². The molecule has 0 radical (unpaired) electrons. The fraction of sp³-hybridized carbons (Fsp3) is 0.833. The van der Waals surface area contributed by atoms with Gasteiger partial charge in [-0.1, -0.05) is 18.6 Å². The van der Waals surface area contributed by atoms with Crippen molar-refractivity contribution in [2.75, 3.05) is 13.2 Å². The van der Waals surface area contributed by atoms with E-state index in [1.165, 1.54) is 5.57 Å². The molecule has 0 aromatic carbocycles. The van der Waals surface area contributed by atoms with E-state index in [2.05, 4.69) is 26.8 Å². The largest absolute Gasteiger partial charge is 0.396 e. The standard InChI is InChI=1S/C12H20O2/c1-8-4-9(2)12(6-13)5-11(8)10(3)14-7-12/h4,9-11,13H,5-7H2,1-3H3/t9-,10+,11-,12+/m1/s1. The predicted octanol–water partition coefficient (Wildman–Crippen LogP) is 1.99. The Balaban J connectivity index is 2.33. The summed E-state index contributed by atoms with van der Waals surface area (Å²) in [5.74, 6) is 0.961. The van der Waals surface area contributed by atoms with Crippen LogP contribution in [0.3, 0.4) is 0 Å². The summed E-state index contributed by atoms with van der Waals surface area (Å²) in [6.07, 6.45) is 3.73. The molecule has 1 heterocycles. The molecule has 1 fully saturated rings. The van der Waals surface area contributed by atoms with Gasteiger partial charge in [-0.05, 0) is 26.2 Å². The molecule has 2 nitrogen and oxygen atoms in total. The van der Waals surface area contributed by atoms with Crippen LogP contribution in [0.5, 0.6) is 0 Å². The fourth-order valence-electron chi connectivity index (χ4n) is 2.87. The van der Waals surface area contributed by atoms with Gasteiger partial charge in [0.2, 0.25) is 0 Å². The van der Waals surface area contributed by atoms with Crippen LogP contribution in [0.1, 0.15) is 27.2 Å². The van der Waals surface area contributed by atoms with Crippen LogP contribution in [-0.2, 0) is 4.74 Å². The van der Waals surface area contributed by atoms with Crippen LogP contribution in [0.25, 0.3) is 0 Å². The highest BCUT2D eigenvalue weighted by Crippen LogP contribution is 2.47. The highest BCUT2D eigenvalue weighted by molar-refractivity contribution is 5.17. The molecule has 1 N–H and O–H groups in total. The highest BCUT2D eigenvalue weighted by Gasteiger charge is 2.46. The monoisotopic (exact) mass is 196 g/mol. The topological polar surface area (TPSA) is 29.5 Å². The molecule has 1 aliphatic heterocycles. The predicted molar refractivity (Wildman–Crippen MR) is 56.0 cm³/mol. The van der Waals surface area contributed by atoms with Crippen LogP contribution >= 0.6 is 0 Å². The second kappa shape index (κ2) is 3.35. The molecule has 14 heavy (non-hydrogen) atoms. The average molecular weight is 196 g/mol. The van der Waals surface area contributed by atoms with Crippen LogP contribution in [0.2, 0.25) is 0 Å². The number of ether oxygens (including phenoxy) is 1. The van der Waals surface area contributed by atoms with Gasteiger partial charge >= 0.3 is 0 Å². The Morgan fingerprint density at radius 1 is 1.57 bits per heavy atom. The molecule has 0 unspecified atom stereocenters. The van der Waals surface area contributed by atoms with Crippen molar-refractivity contribution >= 4 is 0 Å². The first kappa shape index (κ1) is 10.2. The summed E-state index contributed by atoms with van der Waals surface area (Å²) in [7, 11) is 0. The molecular formula is C12H20O2. The Hall–Kier alpha value is -0.340. The lowest BCUT2D eigenvalue weighted by molar-refractivity contribution is -0.121. The zero-order valence-corrected chi connectivity index (χ0v) is 9.29. The van der Waals surface area contributed by atoms with Gasteiger partial charge in [-0.3, -0.25) is 0 Å². The smallest absolute Gasteiger partial charge is 0.0612 e. The van der Waals surface area contributed by atoms with Crippen LogP contribution in [0.4, 0.5) is 0 Å². The molecule has 2 heteroatoms. The second-order valence-electron chi connectivity index (χ2n) is 5.05. The molecule has 1 aliphatic carbocycles. The first-order valence-electron chi connectivity index (χ1n) is 5.50. The quantitative estimate of drug-likeness (QED) is 0.650. The molecule has 2 rings (SSSR count). The Bertz CT molecular complexity index is 259. The lowest BCUT2D eigenvalue weighted by Gasteiger charge is -2.49. The van der Waals surface area contributed by atoms with Gasteiger partial charge in [0.1, 0.15) is 0 Å². The summed E-state index contributed by atoms with van der Waals surface area (Å²) in [6, 6.07) is 0. The third kappa shape index (κ3) is 1.32. The second-order valence-corrected chi connectivity index (χ2v) is 5.05. The number of hydrogen-bond acceptors (Lipinski definition) is 2. The van der Waals surface area contributed by atoms with E-state index in [0.717, 1.165) is 6.42 Å². The Morgan fingerprint density at radius 3 is 2.93 bits per heavy atom. The van der Waals surface area contributed by atoms with Crippen molar-refractivity contribution in [3.63, 3.8) is 0 Å². The Labute approximate surface area is 86.0 Å². The van der Waals surface area contributed by atoms with Crippen molar-refractivity contribution in [1.29, 1.82) is 0 Å². The zero-order chi connectivity index (χ0) is 10.3. The van der Waals surface area contributed by atoms with Crippen molar-refractivity contribution in [1.82, 2.24) is 0 Å². The van der Waals surface area contributed by atoms with Crippen LogP contribution in [-0.4, -0.2) is 24.4 Å². The lowest BCUT2D eigenvalue weighted by atomic mass is 9.63. The highest BCUT2D eigenvalue weighted by atomic mass is 16.5. The fourth-order valence-corrected chi connectivity index (χ4v) is 2.87. The first-order chi connectivity index (χ1) is 6.59. The van der Waals surface area contributed by atoms with Gasteiger partial charge in [0.15, 0.2) is 0 Å². The van der Waals surface area contributed by atoms with Crippen molar-refractivity contribution in [2.24, 2.45) is 17.3 Å². The summed E-state index contributed by atoms with van der Waals surface area (Å²) in [4.78, 5) is 0. The molecule has 0 spiro atoms. The van der Waals surface area contributed by atoms with E-state index in [4.69, 9.17) is 4.74 Å². The van der Waals surface area contributed by atoms with Gasteiger partial charge in [0.25, 0.3) is 0 Å². The summed E-state index contributed by atoms with van der Waals surface area (Å²) in [6.45, 7) is 7.48. The molecule has 0 saturated carbocycles. The van der Waals surface area contributed by atoms with E-state index in [1.807, 2.05) is 0 Å².